The largest absolute Gasteiger partial charge is 0.316 e. The summed E-state index contributed by atoms with van der Waals surface area (Å²) in [4.78, 5) is 4.35. The summed E-state index contributed by atoms with van der Waals surface area (Å²) in [6.07, 6.45) is 3.71. The average molecular weight is 230 g/mol. The van der Waals surface area contributed by atoms with Gasteiger partial charge in [0.25, 0.3) is 0 Å². The predicted molar refractivity (Wildman–Crippen MR) is 68.2 cm³/mol. The molecule has 0 unspecified atom stereocenters. The smallest absolute Gasteiger partial charge is 0.153 e. The van der Waals surface area contributed by atoms with E-state index in [0.29, 0.717) is 5.92 Å². The zero-order valence-corrected chi connectivity index (χ0v) is 10.5. The highest BCUT2D eigenvalue weighted by Gasteiger charge is 2.15. The van der Waals surface area contributed by atoms with Crippen molar-refractivity contribution < 1.29 is 0 Å². The van der Waals surface area contributed by atoms with Gasteiger partial charge in [0, 0.05) is 18.3 Å². The maximum Gasteiger partial charge on any atom is 0.153 e. The van der Waals surface area contributed by atoms with Crippen molar-refractivity contribution in [3.8, 4) is 5.82 Å². The van der Waals surface area contributed by atoms with Crippen molar-refractivity contribution in [3.05, 3.63) is 41.9 Å². The van der Waals surface area contributed by atoms with Crippen molar-refractivity contribution in [2.45, 2.75) is 26.3 Å². The topological polar surface area (TPSA) is 42.7 Å². The van der Waals surface area contributed by atoms with Gasteiger partial charge in [-0.2, -0.15) is 5.10 Å². The monoisotopic (exact) mass is 230 g/mol. The lowest BCUT2D eigenvalue weighted by molar-refractivity contribution is 0.703. The summed E-state index contributed by atoms with van der Waals surface area (Å²) in [5, 5.41) is 7.61. The zero-order chi connectivity index (χ0) is 12.3. The van der Waals surface area contributed by atoms with Crippen molar-refractivity contribution in [1.29, 1.82) is 0 Å². The van der Waals surface area contributed by atoms with Gasteiger partial charge in [-0.1, -0.05) is 19.9 Å². The van der Waals surface area contributed by atoms with Crippen LogP contribution in [0, 0.1) is 0 Å². The normalized spacial score (nSPS) is 11.1. The van der Waals surface area contributed by atoms with E-state index in [-0.39, 0.29) is 0 Å². The summed E-state index contributed by atoms with van der Waals surface area (Å²) in [5.41, 5.74) is 2.45. The molecule has 90 valence electrons. The molecule has 0 saturated heterocycles. The molecule has 0 bridgehead atoms. The van der Waals surface area contributed by atoms with Gasteiger partial charge in [-0.15, -0.1) is 0 Å². The highest BCUT2D eigenvalue weighted by atomic mass is 15.3. The molecule has 0 fully saturated rings. The minimum absolute atomic E-state index is 0.419. The molecule has 0 aliphatic rings. The van der Waals surface area contributed by atoms with Crippen molar-refractivity contribution in [2.75, 3.05) is 7.05 Å². The van der Waals surface area contributed by atoms with E-state index in [9.17, 15) is 0 Å². The van der Waals surface area contributed by atoms with Gasteiger partial charge in [0.2, 0.25) is 0 Å². The molecule has 0 saturated carbocycles. The molecule has 1 N–H and O–H groups in total. The van der Waals surface area contributed by atoms with Crippen LogP contribution in [0.15, 0.2) is 30.6 Å². The van der Waals surface area contributed by atoms with Crippen LogP contribution in [0.25, 0.3) is 5.82 Å². The predicted octanol–water partition coefficient (Wildman–Crippen LogP) is 2.11. The fourth-order valence-electron chi connectivity index (χ4n) is 2.00. The lowest BCUT2D eigenvalue weighted by Crippen LogP contribution is -2.10. The number of hydrogen-bond acceptors (Lipinski definition) is 3. The van der Waals surface area contributed by atoms with Gasteiger partial charge in [0.15, 0.2) is 5.82 Å². The molecule has 2 aromatic heterocycles. The molecule has 0 aliphatic heterocycles. The highest BCUT2D eigenvalue weighted by Crippen LogP contribution is 2.21. The fraction of sp³-hybridized carbons (Fsp3) is 0.385. The Morgan fingerprint density at radius 1 is 1.35 bits per heavy atom. The average Bonchev–Trinajstić information content (AvgIpc) is 2.74. The number of aromatic nitrogens is 3. The SMILES string of the molecule is CNCc1cnn(-c2ccccn2)c1C(C)C. The van der Waals surface area contributed by atoms with Gasteiger partial charge in [-0.25, -0.2) is 9.67 Å². The third-order valence-corrected chi connectivity index (χ3v) is 2.67. The summed E-state index contributed by atoms with van der Waals surface area (Å²) in [6, 6.07) is 5.87. The van der Waals surface area contributed by atoms with E-state index in [2.05, 4.69) is 29.2 Å². The molecule has 0 aliphatic carbocycles. The quantitative estimate of drug-likeness (QED) is 0.874. The Hall–Kier alpha value is -1.68. The number of pyridine rings is 1. The lowest BCUT2D eigenvalue weighted by Gasteiger charge is -2.11. The van der Waals surface area contributed by atoms with Crippen LogP contribution in [0.4, 0.5) is 0 Å². The molecule has 4 nitrogen and oxygen atoms in total. The van der Waals surface area contributed by atoms with E-state index in [1.807, 2.05) is 36.1 Å². The molecule has 0 radical (unpaired) electrons. The van der Waals surface area contributed by atoms with Crippen LogP contribution < -0.4 is 5.32 Å². The second-order valence-corrected chi connectivity index (χ2v) is 4.34. The summed E-state index contributed by atoms with van der Waals surface area (Å²) in [6.45, 7) is 5.19. The summed E-state index contributed by atoms with van der Waals surface area (Å²) in [5.74, 6) is 1.29. The van der Waals surface area contributed by atoms with Crippen LogP contribution in [0.3, 0.4) is 0 Å². The van der Waals surface area contributed by atoms with Crippen molar-refractivity contribution in [2.24, 2.45) is 0 Å². The van der Waals surface area contributed by atoms with Gasteiger partial charge in [-0.05, 0) is 25.1 Å². The molecular formula is C13H18N4. The van der Waals surface area contributed by atoms with E-state index in [1.165, 1.54) is 11.3 Å². The molecule has 4 heteroatoms. The van der Waals surface area contributed by atoms with Gasteiger partial charge in [0.1, 0.15) is 0 Å². The second-order valence-electron chi connectivity index (χ2n) is 4.34. The molecule has 0 amide bonds. The zero-order valence-electron chi connectivity index (χ0n) is 10.5. The van der Waals surface area contributed by atoms with Crippen molar-refractivity contribution in [1.82, 2.24) is 20.1 Å². The molecule has 0 atom stereocenters. The molecule has 2 heterocycles. The lowest BCUT2D eigenvalue weighted by atomic mass is 10.1. The summed E-state index contributed by atoms with van der Waals surface area (Å²) >= 11 is 0. The molecule has 17 heavy (non-hydrogen) atoms. The van der Waals surface area contributed by atoms with Gasteiger partial charge < -0.3 is 5.32 Å². The Balaban J connectivity index is 2.48. The number of nitrogens with one attached hydrogen (secondary N) is 1. The van der Waals surface area contributed by atoms with Crippen LogP contribution in [-0.2, 0) is 6.54 Å². The van der Waals surface area contributed by atoms with Crippen molar-refractivity contribution in [3.63, 3.8) is 0 Å². The van der Waals surface area contributed by atoms with E-state index in [1.54, 1.807) is 6.20 Å². The van der Waals surface area contributed by atoms with E-state index in [0.717, 1.165) is 12.4 Å². The van der Waals surface area contributed by atoms with Crippen LogP contribution in [0.5, 0.6) is 0 Å². The maximum absolute atomic E-state index is 4.44. The van der Waals surface area contributed by atoms with Crippen LogP contribution in [-0.4, -0.2) is 21.8 Å². The van der Waals surface area contributed by atoms with Crippen molar-refractivity contribution >= 4 is 0 Å². The Morgan fingerprint density at radius 2 is 2.18 bits per heavy atom. The number of nitrogens with zero attached hydrogens (tertiary/aromatic N) is 3. The van der Waals surface area contributed by atoms with E-state index in [4.69, 9.17) is 0 Å². The fourth-order valence-corrected chi connectivity index (χ4v) is 2.00. The third-order valence-electron chi connectivity index (χ3n) is 2.67. The first-order valence-electron chi connectivity index (χ1n) is 5.87. The number of hydrogen-bond donors (Lipinski definition) is 1. The highest BCUT2D eigenvalue weighted by molar-refractivity contribution is 5.30. The summed E-state index contributed by atoms with van der Waals surface area (Å²) in [7, 11) is 1.95. The van der Waals surface area contributed by atoms with Gasteiger partial charge in [0.05, 0.1) is 11.9 Å². The Bertz CT molecular complexity index is 473. The van der Waals surface area contributed by atoms with Gasteiger partial charge in [-0.3, -0.25) is 0 Å². The minimum Gasteiger partial charge on any atom is -0.316 e. The number of rotatable bonds is 4. The van der Waals surface area contributed by atoms with Crippen LogP contribution in [0.1, 0.15) is 31.0 Å². The van der Waals surface area contributed by atoms with Crippen LogP contribution >= 0.6 is 0 Å². The standard InChI is InChI=1S/C13H18N4/c1-10(2)13-11(8-14-3)9-16-17(13)12-6-4-5-7-15-12/h4-7,9-10,14H,8H2,1-3H3. The Morgan fingerprint density at radius 3 is 2.76 bits per heavy atom. The third kappa shape index (κ3) is 2.36. The van der Waals surface area contributed by atoms with Gasteiger partial charge >= 0.3 is 0 Å². The van der Waals surface area contributed by atoms with E-state index >= 15 is 0 Å². The Kier molecular flexibility index (Phi) is 3.54. The minimum atomic E-state index is 0.419. The van der Waals surface area contributed by atoms with E-state index < -0.39 is 0 Å². The Labute approximate surface area is 102 Å². The molecule has 0 spiro atoms. The van der Waals surface area contributed by atoms with Crippen LogP contribution in [0.2, 0.25) is 0 Å². The molecular weight excluding hydrogens is 212 g/mol. The molecule has 0 aromatic carbocycles. The second kappa shape index (κ2) is 5.10. The molecule has 2 aromatic rings. The first-order chi connectivity index (χ1) is 8.24. The summed E-state index contributed by atoms with van der Waals surface area (Å²) < 4.78 is 1.93. The first-order valence-corrected chi connectivity index (χ1v) is 5.87. The first kappa shape index (κ1) is 11.8. The molecule has 2 rings (SSSR count). The maximum atomic E-state index is 4.44.